The van der Waals surface area contributed by atoms with E-state index in [0.717, 1.165) is 5.56 Å². The summed E-state index contributed by atoms with van der Waals surface area (Å²) in [5.41, 5.74) is 1.89. The molecule has 2 rings (SSSR count). The summed E-state index contributed by atoms with van der Waals surface area (Å²) in [5.74, 6) is -0.354. The number of benzene rings is 2. The summed E-state index contributed by atoms with van der Waals surface area (Å²) in [6.45, 7) is 5.65. The van der Waals surface area contributed by atoms with Crippen molar-refractivity contribution >= 4 is 29.1 Å². The Bertz CT molecular complexity index is 805. The second-order valence-corrected chi connectivity index (χ2v) is 6.78. The van der Waals surface area contributed by atoms with E-state index in [1.807, 2.05) is 26.8 Å². The molecule has 6 heteroatoms. The van der Waals surface area contributed by atoms with Crippen molar-refractivity contribution in [1.82, 2.24) is 5.32 Å². The number of methoxy groups -OCH3 is 1. The molecule has 26 heavy (non-hydrogen) atoms. The number of ether oxygens (including phenoxy) is 1. The van der Waals surface area contributed by atoms with E-state index < -0.39 is 6.04 Å². The van der Waals surface area contributed by atoms with Crippen LogP contribution in [0.4, 0.5) is 5.69 Å². The molecule has 0 bridgehead atoms. The van der Waals surface area contributed by atoms with E-state index in [9.17, 15) is 9.59 Å². The lowest BCUT2D eigenvalue weighted by Crippen LogP contribution is -2.47. The second-order valence-electron chi connectivity index (χ2n) is 6.37. The van der Waals surface area contributed by atoms with Gasteiger partial charge in [-0.15, -0.1) is 0 Å². The van der Waals surface area contributed by atoms with Crippen molar-refractivity contribution in [3.63, 3.8) is 0 Å². The molecule has 2 amide bonds. The van der Waals surface area contributed by atoms with Crippen LogP contribution in [0.15, 0.2) is 42.5 Å². The van der Waals surface area contributed by atoms with Crippen molar-refractivity contribution in [3.05, 3.63) is 58.6 Å². The number of amides is 2. The number of hydrogen-bond acceptors (Lipinski definition) is 3. The number of carbonyl (C=O) groups is 2. The fourth-order valence-electron chi connectivity index (χ4n) is 2.52. The van der Waals surface area contributed by atoms with Crippen molar-refractivity contribution < 1.29 is 14.3 Å². The van der Waals surface area contributed by atoms with E-state index >= 15 is 0 Å². The van der Waals surface area contributed by atoms with Gasteiger partial charge in [0, 0.05) is 0 Å². The first-order chi connectivity index (χ1) is 12.3. The van der Waals surface area contributed by atoms with Crippen molar-refractivity contribution in [1.29, 1.82) is 0 Å². The Morgan fingerprint density at radius 3 is 2.42 bits per heavy atom. The maximum absolute atomic E-state index is 12.7. The van der Waals surface area contributed by atoms with Gasteiger partial charge in [-0.2, -0.15) is 0 Å². The number of para-hydroxylation sites is 1. The molecule has 2 aromatic carbocycles. The zero-order valence-electron chi connectivity index (χ0n) is 15.3. The molecular formula is C20H23ClN2O3. The van der Waals surface area contributed by atoms with Crippen LogP contribution in [-0.2, 0) is 4.79 Å². The molecule has 2 aromatic rings. The lowest BCUT2D eigenvalue weighted by atomic mass is 10.0. The Hall–Kier alpha value is -2.53. The molecule has 0 aliphatic rings. The average molecular weight is 375 g/mol. The number of nitrogens with one attached hydrogen (secondary N) is 2. The molecule has 138 valence electrons. The molecule has 2 N–H and O–H groups in total. The van der Waals surface area contributed by atoms with Crippen LogP contribution in [0.25, 0.3) is 0 Å². The van der Waals surface area contributed by atoms with Crippen LogP contribution in [0.3, 0.4) is 0 Å². The van der Waals surface area contributed by atoms with Crippen molar-refractivity contribution in [3.8, 4) is 5.75 Å². The summed E-state index contributed by atoms with van der Waals surface area (Å²) >= 11 is 6.18. The van der Waals surface area contributed by atoms with Gasteiger partial charge in [0.05, 0.1) is 23.4 Å². The Labute approximate surface area is 158 Å². The molecule has 0 aliphatic heterocycles. The number of carbonyl (C=O) groups excluding carboxylic acids is 2. The summed E-state index contributed by atoms with van der Waals surface area (Å²) in [6.07, 6.45) is 0. The molecule has 0 saturated carbocycles. The smallest absolute Gasteiger partial charge is 0.255 e. The average Bonchev–Trinajstić information content (AvgIpc) is 2.61. The number of hydrogen-bond donors (Lipinski definition) is 2. The van der Waals surface area contributed by atoms with E-state index in [1.54, 1.807) is 36.4 Å². The van der Waals surface area contributed by atoms with E-state index in [4.69, 9.17) is 16.3 Å². The lowest BCUT2D eigenvalue weighted by molar-refractivity contribution is -0.118. The van der Waals surface area contributed by atoms with Crippen molar-refractivity contribution in [2.45, 2.75) is 26.8 Å². The van der Waals surface area contributed by atoms with Crippen LogP contribution in [-0.4, -0.2) is 25.0 Å². The highest BCUT2D eigenvalue weighted by Crippen LogP contribution is 2.23. The monoisotopic (exact) mass is 374 g/mol. The van der Waals surface area contributed by atoms with Gasteiger partial charge in [-0.1, -0.05) is 43.6 Å². The molecule has 0 saturated heterocycles. The third-order valence-corrected chi connectivity index (χ3v) is 4.28. The van der Waals surface area contributed by atoms with E-state index in [1.165, 1.54) is 7.11 Å². The molecular weight excluding hydrogens is 352 g/mol. The molecule has 5 nitrogen and oxygen atoms in total. The van der Waals surface area contributed by atoms with Gasteiger partial charge >= 0.3 is 0 Å². The fourth-order valence-corrected chi connectivity index (χ4v) is 2.80. The van der Waals surface area contributed by atoms with E-state index in [2.05, 4.69) is 10.6 Å². The summed E-state index contributed by atoms with van der Waals surface area (Å²) in [4.78, 5) is 25.3. The Morgan fingerprint density at radius 2 is 1.81 bits per heavy atom. The minimum Gasteiger partial charge on any atom is -0.496 e. The molecule has 0 radical (unpaired) electrons. The van der Waals surface area contributed by atoms with Gasteiger partial charge in [0.1, 0.15) is 11.8 Å². The van der Waals surface area contributed by atoms with Gasteiger partial charge < -0.3 is 15.4 Å². The number of halogens is 1. The lowest BCUT2D eigenvalue weighted by Gasteiger charge is -2.22. The highest BCUT2D eigenvalue weighted by atomic mass is 35.5. The Kier molecular flexibility index (Phi) is 6.64. The Balaban J connectivity index is 2.17. The normalized spacial score (nSPS) is 11.8. The number of anilines is 1. The van der Waals surface area contributed by atoms with Gasteiger partial charge in [-0.25, -0.2) is 0 Å². The first-order valence-corrected chi connectivity index (χ1v) is 8.72. The maximum Gasteiger partial charge on any atom is 0.255 e. The highest BCUT2D eigenvalue weighted by Gasteiger charge is 2.26. The topological polar surface area (TPSA) is 67.4 Å². The van der Waals surface area contributed by atoms with Crippen LogP contribution < -0.4 is 15.4 Å². The van der Waals surface area contributed by atoms with Crippen molar-refractivity contribution in [2.24, 2.45) is 5.92 Å². The predicted octanol–water partition coefficient (Wildman–Crippen LogP) is 4.05. The Morgan fingerprint density at radius 1 is 1.12 bits per heavy atom. The first-order valence-electron chi connectivity index (χ1n) is 8.34. The van der Waals surface area contributed by atoms with Crippen molar-refractivity contribution in [2.75, 3.05) is 12.4 Å². The van der Waals surface area contributed by atoms with Gasteiger partial charge in [0.2, 0.25) is 5.91 Å². The quantitative estimate of drug-likeness (QED) is 0.801. The maximum atomic E-state index is 12.7. The van der Waals surface area contributed by atoms with Crippen LogP contribution in [0.1, 0.15) is 29.8 Å². The first kappa shape index (κ1) is 19.8. The number of aryl methyl sites for hydroxylation is 1. The molecule has 0 aliphatic carbocycles. The fraction of sp³-hybridized carbons (Fsp3) is 0.300. The summed E-state index contributed by atoms with van der Waals surface area (Å²) < 4.78 is 5.21. The largest absolute Gasteiger partial charge is 0.496 e. The second kappa shape index (κ2) is 8.72. The summed E-state index contributed by atoms with van der Waals surface area (Å²) in [7, 11) is 1.50. The van der Waals surface area contributed by atoms with Gasteiger partial charge in [-0.3, -0.25) is 9.59 Å². The highest BCUT2D eigenvalue weighted by molar-refractivity contribution is 6.33. The zero-order chi connectivity index (χ0) is 19.3. The predicted molar refractivity (Wildman–Crippen MR) is 104 cm³/mol. The van der Waals surface area contributed by atoms with Crippen LogP contribution in [0.2, 0.25) is 5.02 Å². The minimum atomic E-state index is -0.718. The molecule has 1 atom stereocenters. The molecule has 0 spiro atoms. The van der Waals surface area contributed by atoms with E-state index in [0.29, 0.717) is 22.0 Å². The van der Waals surface area contributed by atoms with E-state index in [-0.39, 0.29) is 17.7 Å². The zero-order valence-corrected chi connectivity index (χ0v) is 16.1. The SMILES string of the molecule is COc1ccccc1C(=O)NC(C(=O)Nc1ccc(C)cc1Cl)C(C)C. The summed E-state index contributed by atoms with van der Waals surface area (Å²) in [5, 5.41) is 6.03. The molecule has 0 aromatic heterocycles. The van der Waals surface area contributed by atoms with Crippen LogP contribution in [0.5, 0.6) is 5.75 Å². The van der Waals surface area contributed by atoms with Gasteiger partial charge in [0.25, 0.3) is 5.91 Å². The van der Waals surface area contributed by atoms with Crippen LogP contribution in [0, 0.1) is 12.8 Å². The molecule has 0 heterocycles. The molecule has 1 unspecified atom stereocenters. The van der Waals surface area contributed by atoms with Crippen LogP contribution >= 0.6 is 11.6 Å². The third kappa shape index (κ3) is 4.76. The number of rotatable bonds is 6. The molecule has 0 fully saturated rings. The van der Waals surface area contributed by atoms with Gasteiger partial charge in [-0.05, 0) is 42.7 Å². The minimum absolute atomic E-state index is 0.113. The summed E-state index contributed by atoms with van der Waals surface area (Å²) in [6, 6.07) is 11.5. The van der Waals surface area contributed by atoms with Gasteiger partial charge in [0.15, 0.2) is 0 Å². The standard InChI is InChI=1S/C20H23ClN2O3/c1-12(2)18(20(25)22-16-10-9-13(3)11-15(16)21)23-19(24)14-7-5-6-8-17(14)26-4/h5-12,18H,1-4H3,(H,22,25)(H,23,24). The third-order valence-electron chi connectivity index (χ3n) is 3.97.